The van der Waals surface area contributed by atoms with E-state index >= 15 is 0 Å². The van der Waals surface area contributed by atoms with Crippen LogP contribution < -0.4 is 9.62 Å². The highest BCUT2D eigenvalue weighted by Crippen LogP contribution is 2.23. The lowest BCUT2D eigenvalue weighted by molar-refractivity contribution is 0.0600. The summed E-state index contributed by atoms with van der Waals surface area (Å²) in [5.74, 6) is -0.897. The summed E-state index contributed by atoms with van der Waals surface area (Å²) in [4.78, 5) is 24.5. The molecule has 3 aromatic carbocycles. The van der Waals surface area contributed by atoms with Gasteiger partial charge in [-0.1, -0.05) is 29.8 Å². The third kappa shape index (κ3) is 6.12. The summed E-state index contributed by atoms with van der Waals surface area (Å²) in [7, 11) is -2.29. The summed E-state index contributed by atoms with van der Waals surface area (Å²) in [5.41, 5.74) is 3.10. The van der Waals surface area contributed by atoms with Gasteiger partial charge in [-0.05, 0) is 66.6 Å². The number of nitrogens with zero attached hydrogens (tertiary/aromatic N) is 1. The number of ether oxygens (including phenoxy) is 1. The van der Waals surface area contributed by atoms with E-state index in [2.05, 4.69) is 5.32 Å². The van der Waals surface area contributed by atoms with Crippen LogP contribution in [-0.2, 0) is 21.3 Å². The highest BCUT2D eigenvalue weighted by molar-refractivity contribution is 7.92. The lowest BCUT2D eigenvalue weighted by Gasteiger charge is -2.23. The molecule has 3 rings (SSSR count). The number of anilines is 2. The molecule has 9 heteroatoms. The maximum Gasteiger partial charge on any atom is 0.337 e. The van der Waals surface area contributed by atoms with E-state index in [4.69, 9.17) is 16.3 Å². The summed E-state index contributed by atoms with van der Waals surface area (Å²) in [6.07, 6.45) is 1.13. The normalized spacial score (nSPS) is 11.0. The summed E-state index contributed by atoms with van der Waals surface area (Å²) in [6, 6.07) is 18.0. The first-order valence-electron chi connectivity index (χ1n) is 9.91. The predicted molar refractivity (Wildman–Crippen MR) is 129 cm³/mol. The van der Waals surface area contributed by atoms with Crippen LogP contribution in [0.25, 0.3) is 0 Å². The van der Waals surface area contributed by atoms with E-state index < -0.39 is 21.9 Å². The largest absolute Gasteiger partial charge is 0.465 e. The highest BCUT2D eigenvalue weighted by atomic mass is 35.5. The average molecular weight is 487 g/mol. The number of rotatable bonds is 7. The first-order valence-corrected chi connectivity index (χ1v) is 12.1. The van der Waals surface area contributed by atoms with Crippen molar-refractivity contribution >= 4 is 44.9 Å². The van der Waals surface area contributed by atoms with Crippen LogP contribution in [-0.4, -0.2) is 33.7 Å². The molecule has 0 saturated carbocycles. The summed E-state index contributed by atoms with van der Waals surface area (Å²) in [5, 5.41) is 3.34. The van der Waals surface area contributed by atoms with Gasteiger partial charge in [-0.25, -0.2) is 13.2 Å². The fraction of sp³-hybridized carbons (Fsp3) is 0.167. The van der Waals surface area contributed by atoms with Crippen molar-refractivity contribution in [3.05, 3.63) is 94.0 Å². The van der Waals surface area contributed by atoms with E-state index in [9.17, 15) is 18.0 Å². The molecule has 1 amide bonds. The lowest BCUT2D eigenvalue weighted by atomic mass is 10.1. The van der Waals surface area contributed by atoms with E-state index in [0.717, 1.165) is 17.4 Å². The van der Waals surface area contributed by atoms with Crippen LogP contribution in [0.2, 0.25) is 5.02 Å². The van der Waals surface area contributed by atoms with Gasteiger partial charge in [0.15, 0.2) is 0 Å². The first kappa shape index (κ1) is 24.3. The standard InChI is InChI=1S/C24H23ClN2O5S/c1-16-4-7-19(24(29)32-2)14-22(16)26-23(28)18-8-12-21(13-9-18)27(33(3,30)31)15-17-5-10-20(25)11-6-17/h4-14H,15H2,1-3H3,(H,26,28). The van der Waals surface area contributed by atoms with Crippen LogP contribution >= 0.6 is 11.6 Å². The minimum atomic E-state index is -3.57. The molecule has 0 radical (unpaired) electrons. The van der Waals surface area contributed by atoms with Crippen molar-refractivity contribution in [3.63, 3.8) is 0 Å². The van der Waals surface area contributed by atoms with Crippen LogP contribution in [0.4, 0.5) is 11.4 Å². The Balaban J connectivity index is 1.81. The van der Waals surface area contributed by atoms with Gasteiger partial charge in [-0.15, -0.1) is 0 Å². The van der Waals surface area contributed by atoms with Gasteiger partial charge in [-0.2, -0.15) is 0 Å². The van der Waals surface area contributed by atoms with Crippen molar-refractivity contribution in [2.45, 2.75) is 13.5 Å². The maximum absolute atomic E-state index is 12.7. The Morgan fingerprint density at radius 2 is 1.58 bits per heavy atom. The number of nitrogens with one attached hydrogen (secondary N) is 1. The monoisotopic (exact) mass is 486 g/mol. The molecule has 0 bridgehead atoms. The molecule has 1 N–H and O–H groups in total. The van der Waals surface area contributed by atoms with Crippen molar-refractivity contribution in [3.8, 4) is 0 Å². The van der Waals surface area contributed by atoms with E-state index in [1.807, 2.05) is 0 Å². The number of benzene rings is 3. The van der Waals surface area contributed by atoms with Gasteiger partial charge in [0.1, 0.15) is 0 Å². The van der Waals surface area contributed by atoms with Gasteiger partial charge in [0, 0.05) is 16.3 Å². The molecule has 0 saturated heterocycles. The minimum Gasteiger partial charge on any atom is -0.465 e. The number of hydrogen-bond donors (Lipinski definition) is 1. The number of halogens is 1. The zero-order valence-corrected chi connectivity index (χ0v) is 19.9. The Morgan fingerprint density at radius 1 is 0.970 bits per heavy atom. The Hall–Kier alpha value is -3.36. The molecule has 0 fully saturated rings. The smallest absolute Gasteiger partial charge is 0.337 e. The van der Waals surface area contributed by atoms with E-state index in [0.29, 0.717) is 27.5 Å². The highest BCUT2D eigenvalue weighted by Gasteiger charge is 2.19. The molecule has 0 heterocycles. The van der Waals surface area contributed by atoms with Crippen molar-refractivity contribution in [2.24, 2.45) is 0 Å². The third-order valence-electron chi connectivity index (χ3n) is 4.96. The second-order valence-corrected chi connectivity index (χ2v) is 9.76. The summed E-state index contributed by atoms with van der Waals surface area (Å²) >= 11 is 5.91. The second-order valence-electron chi connectivity index (χ2n) is 7.42. The van der Waals surface area contributed by atoms with Crippen molar-refractivity contribution in [2.75, 3.05) is 23.0 Å². The van der Waals surface area contributed by atoms with Gasteiger partial charge in [0.25, 0.3) is 5.91 Å². The minimum absolute atomic E-state index is 0.126. The summed E-state index contributed by atoms with van der Waals surface area (Å²) in [6.45, 7) is 1.93. The molecule has 0 aliphatic heterocycles. The van der Waals surface area contributed by atoms with Gasteiger partial charge < -0.3 is 10.1 Å². The van der Waals surface area contributed by atoms with E-state index in [1.165, 1.54) is 11.4 Å². The average Bonchev–Trinajstić information content (AvgIpc) is 2.79. The van der Waals surface area contributed by atoms with Gasteiger partial charge >= 0.3 is 5.97 Å². The van der Waals surface area contributed by atoms with E-state index in [1.54, 1.807) is 73.7 Å². The number of methoxy groups -OCH3 is 1. The van der Waals surface area contributed by atoms with E-state index in [-0.39, 0.29) is 6.54 Å². The Morgan fingerprint density at radius 3 is 2.15 bits per heavy atom. The van der Waals surface area contributed by atoms with Gasteiger partial charge in [-0.3, -0.25) is 9.10 Å². The molecule has 3 aromatic rings. The van der Waals surface area contributed by atoms with Crippen LogP contribution in [0.5, 0.6) is 0 Å². The second kappa shape index (κ2) is 10.1. The number of hydrogen-bond acceptors (Lipinski definition) is 5. The van der Waals surface area contributed by atoms with Crippen LogP contribution in [0, 0.1) is 6.92 Å². The number of amides is 1. The molecule has 0 unspecified atom stereocenters. The SMILES string of the molecule is COC(=O)c1ccc(C)c(NC(=O)c2ccc(N(Cc3ccc(Cl)cc3)S(C)(=O)=O)cc2)c1. The Labute approximate surface area is 198 Å². The molecule has 0 aliphatic rings. The van der Waals surface area contributed by atoms with Crippen LogP contribution in [0.15, 0.2) is 66.7 Å². The number of sulfonamides is 1. The molecule has 7 nitrogen and oxygen atoms in total. The number of esters is 1. The van der Waals surface area contributed by atoms with Crippen molar-refractivity contribution in [1.82, 2.24) is 0 Å². The zero-order chi connectivity index (χ0) is 24.2. The first-order chi connectivity index (χ1) is 15.6. The molecule has 0 spiro atoms. The number of carbonyl (C=O) groups is 2. The van der Waals surface area contributed by atoms with Crippen molar-refractivity contribution in [1.29, 1.82) is 0 Å². The fourth-order valence-electron chi connectivity index (χ4n) is 3.13. The molecule has 172 valence electrons. The van der Waals surface area contributed by atoms with Crippen LogP contribution in [0.3, 0.4) is 0 Å². The topological polar surface area (TPSA) is 92.8 Å². The molecule has 0 aliphatic carbocycles. The Bertz CT molecular complexity index is 1270. The molecule has 0 aromatic heterocycles. The maximum atomic E-state index is 12.7. The summed E-state index contributed by atoms with van der Waals surface area (Å²) < 4.78 is 30.8. The van der Waals surface area contributed by atoms with Gasteiger partial charge in [0.05, 0.1) is 31.2 Å². The van der Waals surface area contributed by atoms with Crippen LogP contribution in [0.1, 0.15) is 31.8 Å². The fourth-order valence-corrected chi connectivity index (χ4v) is 4.14. The Kier molecular flexibility index (Phi) is 7.40. The zero-order valence-electron chi connectivity index (χ0n) is 18.3. The molecule has 33 heavy (non-hydrogen) atoms. The quantitative estimate of drug-likeness (QED) is 0.490. The number of aryl methyl sites for hydroxylation is 1. The molecule has 0 atom stereocenters. The third-order valence-corrected chi connectivity index (χ3v) is 6.36. The lowest BCUT2D eigenvalue weighted by Crippen LogP contribution is -2.29. The predicted octanol–water partition coefficient (Wildman–Crippen LogP) is 4.65. The van der Waals surface area contributed by atoms with Crippen molar-refractivity contribution < 1.29 is 22.7 Å². The number of carbonyl (C=O) groups excluding carboxylic acids is 2. The molecular formula is C24H23ClN2O5S. The molecular weight excluding hydrogens is 464 g/mol. The van der Waals surface area contributed by atoms with Gasteiger partial charge in [0.2, 0.25) is 10.0 Å².